The number of nitrogens with two attached hydrogens (primary N) is 1. The molecule has 3 aromatic rings. The first-order chi connectivity index (χ1) is 16.1. The number of fused-ring (bicyclic) bond motifs is 6. The molecule has 1 aromatic heterocycles. The van der Waals surface area contributed by atoms with E-state index >= 15 is 0 Å². The first-order valence-electron chi connectivity index (χ1n) is 12.9. The Balaban J connectivity index is 1.61. The zero-order valence-corrected chi connectivity index (χ0v) is 22.7. The molecule has 2 aliphatic rings. The largest absolute Gasteiger partial charge is 0.415 e. The number of rotatable bonds is 5. The third-order valence-electron chi connectivity index (χ3n) is 8.93. The highest BCUT2D eigenvalue weighted by Crippen LogP contribution is 2.52. The molecular formula is C29H41N3OSi. The fourth-order valence-electron chi connectivity index (χ4n) is 6.07. The first kappa shape index (κ1) is 23.8. The van der Waals surface area contributed by atoms with Gasteiger partial charge in [-0.2, -0.15) is 0 Å². The topological polar surface area (TPSA) is 43.4 Å². The van der Waals surface area contributed by atoms with Gasteiger partial charge in [0, 0.05) is 35.7 Å². The average molecular weight is 476 g/mol. The van der Waals surface area contributed by atoms with Gasteiger partial charge in [-0.15, -0.1) is 0 Å². The number of aromatic nitrogens is 1. The van der Waals surface area contributed by atoms with Crippen LogP contribution in [-0.4, -0.2) is 30.4 Å². The van der Waals surface area contributed by atoms with Gasteiger partial charge in [0.15, 0.2) is 8.32 Å². The third kappa shape index (κ3) is 3.77. The number of para-hydroxylation sites is 1. The van der Waals surface area contributed by atoms with Crippen LogP contribution in [0, 0.1) is 0 Å². The van der Waals surface area contributed by atoms with Crippen molar-refractivity contribution in [1.29, 1.82) is 0 Å². The zero-order valence-electron chi connectivity index (χ0n) is 21.7. The third-order valence-corrected chi connectivity index (χ3v) is 13.4. The maximum absolute atomic E-state index is 7.12. The van der Waals surface area contributed by atoms with E-state index in [1.165, 1.54) is 40.6 Å². The van der Waals surface area contributed by atoms with Gasteiger partial charge in [-0.25, -0.2) is 0 Å². The fourth-order valence-corrected chi connectivity index (χ4v) is 7.08. The van der Waals surface area contributed by atoms with E-state index < -0.39 is 8.32 Å². The van der Waals surface area contributed by atoms with Crippen LogP contribution in [0.3, 0.4) is 0 Å². The van der Waals surface area contributed by atoms with Crippen LogP contribution in [0.2, 0.25) is 18.1 Å². The minimum absolute atomic E-state index is 0.00281. The molecule has 2 aliphatic heterocycles. The number of hydrogen-bond acceptors (Lipinski definition) is 3. The monoisotopic (exact) mass is 475 g/mol. The molecule has 0 aliphatic carbocycles. The molecule has 4 atom stereocenters. The maximum Gasteiger partial charge on any atom is 0.192 e. The van der Waals surface area contributed by atoms with E-state index in [9.17, 15) is 0 Å². The molecule has 0 saturated carbocycles. The van der Waals surface area contributed by atoms with Crippen LogP contribution in [0.25, 0.3) is 10.9 Å². The van der Waals surface area contributed by atoms with Crippen LogP contribution in [0.1, 0.15) is 75.0 Å². The lowest BCUT2D eigenvalue weighted by molar-refractivity contribution is -0.0110. The second kappa shape index (κ2) is 8.63. The molecular weight excluding hydrogens is 434 g/mol. The van der Waals surface area contributed by atoms with Gasteiger partial charge < -0.3 is 14.7 Å². The van der Waals surface area contributed by atoms with E-state index in [1.54, 1.807) is 0 Å². The summed E-state index contributed by atoms with van der Waals surface area (Å²) in [5, 5.41) is 1.55. The lowest BCUT2D eigenvalue weighted by Crippen LogP contribution is -2.54. The van der Waals surface area contributed by atoms with Crippen LogP contribution in [0.15, 0.2) is 54.6 Å². The van der Waals surface area contributed by atoms with Crippen LogP contribution < -0.4 is 5.73 Å². The maximum atomic E-state index is 7.12. The average Bonchev–Trinajstić information content (AvgIpc) is 3.10. The molecule has 1 fully saturated rings. The smallest absolute Gasteiger partial charge is 0.192 e. The second-order valence-corrected chi connectivity index (χ2v) is 16.7. The fraction of sp³-hybridized carbons (Fsp3) is 0.517. The van der Waals surface area contributed by atoms with Crippen molar-refractivity contribution in [2.24, 2.45) is 12.8 Å². The van der Waals surface area contributed by atoms with Crippen LogP contribution in [-0.2, 0) is 11.5 Å². The summed E-state index contributed by atoms with van der Waals surface area (Å²) in [6.07, 6.45) is 3.54. The molecule has 5 heteroatoms. The Morgan fingerprint density at radius 1 is 1.03 bits per heavy atom. The van der Waals surface area contributed by atoms with E-state index in [2.05, 4.69) is 105 Å². The van der Waals surface area contributed by atoms with E-state index in [0.717, 1.165) is 13.0 Å². The molecule has 0 radical (unpaired) electrons. The molecule has 0 unspecified atom stereocenters. The van der Waals surface area contributed by atoms with E-state index in [1.807, 2.05) is 0 Å². The Morgan fingerprint density at radius 2 is 1.71 bits per heavy atom. The number of benzene rings is 2. The summed E-state index contributed by atoms with van der Waals surface area (Å²) in [5.41, 5.74) is 12.6. The highest BCUT2D eigenvalue weighted by Gasteiger charge is 2.48. The van der Waals surface area contributed by atoms with Gasteiger partial charge in [0.05, 0.1) is 18.7 Å². The summed E-state index contributed by atoms with van der Waals surface area (Å²) in [4.78, 5) is 2.76. The Labute approximate surface area is 206 Å². The van der Waals surface area contributed by atoms with E-state index in [4.69, 9.17) is 10.2 Å². The van der Waals surface area contributed by atoms with Gasteiger partial charge in [0.1, 0.15) is 0 Å². The quantitative estimate of drug-likeness (QED) is 0.410. The Hall–Kier alpha value is -1.92. The lowest BCUT2D eigenvalue weighted by Gasteiger charge is -2.53. The van der Waals surface area contributed by atoms with Gasteiger partial charge in [0.2, 0.25) is 0 Å². The van der Waals surface area contributed by atoms with Crippen molar-refractivity contribution < 1.29 is 4.43 Å². The summed E-state index contributed by atoms with van der Waals surface area (Å²) < 4.78 is 9.26. The normalized spacial score (nSPS) is 24.3. The minimum atomic E-state index is -1.89. The lowest BCUT2D eigenvalue weighted by atomic mass is 9.78. The highest BCUT2D eigenvalue weighted by atomic mass is 28.4. The van der Waals surface area contributed by atoms with Crippen molar-refractivity contribution in [1.82, 2.24) is 9.47 Å². The second-order valence-electron chi connectivity index (χ2n) is 11.9. The van der Waals surface area contributed by atoms with Crippen molar-refractivity contribution in [3.05, 3.63) is 71.4 Å². The van der Waals surface area contributed by atoms with Crippen molar-refractivity contribution in [2.45, 2.75) is 82.3 Å². The molecule has 34 heavy (non-hydrogen) atoms. The number of hydrogen-bond donors (Lipinski definition) is 1. The minimum Gasteiger partial charge on any atom is -0.415 e. The van der Waals surface area contributed by atoms with Gasteiger partial charge in [-0.05, 0) is 54.6 Å². The van der Waals surface area contributed by atoms with Crippen molar-refractivity contribution in [3.8, 4) is 0 Å². The number of aryl methyl sites for hydroxylation is 1. The molecule has 3 heterocycles. The summed E-state index contributed by atoms with van der Waals surface area (Å²) in [5.74, 6) is 0. The van der Waals surface area contributed by atoms with Crippen LogP contribution in [0.4, 0.5) is 0 Å². The van der Waals surface area contributed by atoms with Crippen molar-refractivity contribution in [2.75, 3.05) is 6.61 Å². The molecule has 2 bridgehead atoms. The predicted octanol–water partition coefficient (Wildman–Crippen LogP) is 6.85. The van der Waals surface area contributed by atoms with E-state index in [0.29, 0.717) is 12.1 Å². The summed E-state index contributed by atoms with van der Waals surface area (Å²) >= 11 is 0. The van der Waals surface area contributed by atoms with Crippen molar-refractivity contribution in [3.63, 3.8) is 0 Å². The first-order valence-corrected chi connectivity index (χ1v) is 15.8. The summed E-state index contributed by atoms with van der Waals surface area (Å²) in [7, 11) is 0.305. The van der Waals surface area contributed by atoms with Gasteiger partial charge in [-0.1, -0.05) is 69.3 Å². The van der Waals surface area contributed by atoms with Crippen LogP contribution >= 0.6 is 0 Å². The van der Waals surface area contributed by atoms with E-state index in [-0.39, 0.29) is 17.1 Å². The van der Waals surface area contributed by atoms with Gasteiger partial charge >= 0.3 is 0 Å². The van der Waals surface area contributed by atoms with Gasteiger partial charge in [-0.3, -0.25) is 4.90 Å². The molecule has 0 spiro atoms. The molecule has 2 N–H and O–H groups in total. The Kier molecular flexibility index (Phi) is 6.04. The zero-order chi connectivity index (χ0) is 24.3. The molecule has 4 nitrogen and oxygen atoms in total. The Bertz CT molecular complexity index is 1160. The SMILES string of the molecule is Cn1c2c(c3ccccc31)[C@H]1CCC[C@@H]([C@@H]2N)N1[C@@H](CO[Si](C)(C)C(C)(C)C)c1ccccc1. The number of piperidine rings is 1. The van der Waals surface area contributed by atoms with Crippen LogP contribution in [0.5, 0.6) is 0 Å². The summed E-state index contributed by atoms with van der Waals surface area (Å²) in [6, 6.07) is 20.7. The standard InChI is InChI=1S/C29H41N3OSi/c1-29(2,3)34(5,6)33-19-25(20-13-8-7-9-14-20)32-23-17-12-18-24(32)27(30)28-26(23)21-15-10-11-16-22(21)31(28)4/h7-11,13-16,23-25,27H,12,17-19,30H2,1-6H3/t23-,24+,25+,27+/m1/s1. The molecule has 2 aromatic carbocycles. The molecule has 1 saturated heterocycles. The predicted molar refractivity (Wildman–Crippen MR) is 144 cm³/mol. The summed E-state index contributed by atoms with van der Waals surface area (Å²) in [6.45, 7) is 12.4. The Morgan fingerprint density at radius 3 is 2.41 bits per heavy atom. The molecule has 182 valence electrons. The molecule has 5 rings (SSSR count). The van der Waals surface area contributed by atoms with Gasteiger partial charge in [0.25, 0.3) is 0 Å². The number of nitrogens with zero attached hydrogens (tertiary/aromatic N) is 2. The highest BCUT2D eigenvalue weighted by molar-refractivity contribution is 6.74. The van der Waals surface area contributed by atoms with Crippen molar-refractivity contribution >= 4 is 19.2 Å². The molecule has 0 amide bonds.